The zero-order valence-electron chi connectivity index (χ0n) is 15.0. The zero-order chi connectivity index (χ0) is 19.2. The molecule has 1 aliphatic heterocycles. The zero-order valence-corrected chi connectivity index (χ0v) is 15.9. The summed E-state index contributed by atoms with van der Waals surface area (Å²) < 4.78 is 10.8. The Morgan fingerprint density at radius 3 is 2.81 bits per heavy atom. The SMILES string of the molecule is CCOc1ccc(NC(=S)N/N=C(/C)c2ccc3c(c2)NC(=O)CO3)cc1. The molecule has 27 heavy (non-hydrogen) atoms. The van der Waals surface area contributed by atoms with Gasteiger partial charge in [0, 0.05) is 5.69 Å². The maximum atomic E-state index is 11.4. The summed E-state index contributed by atoms with van der Waals surface area (Å²) >= 11 is 5.26. The van der Waals surface area contributed by atoms with Crippen LogP contribution >= 0.6 is 12.2 Å². The highest BCUT2D eigenvalue weighted by molar-refractivity contribution is 7.80. The number of anilines is 2. The van der Waals surface area contributed by atoms with Crippen LogP contribution in [0.2, 0.25) is 0 Å². The fraction of sp³-hybridized carbons (Fsp3) is 0.211. The van der Waals surface area contributed by atoms with Gasteiger partial charge in [0.2, 0.25) is 0 Å². The molecule has 2 aromatic carbocycles. The smallest absolute Gasteiger partial charge is 0.262 e. The molecule has 140 valence electrons. The summed E-state index contributed by atoms with van der Waals surface area (Å²) in [6.07, 6.45) is 0. The molecule has 0 bridgehead atoms. The lowest BCUT2D eigenvalue weighted by atomic mass is 10.1. The molecular formula is C19H20N4O3S. The normalized spacial score (nSPS) is 13.1. The molecular weight excluding hydrogens is 364 g/mol. The largest absolute Gasteiger partial charge is 0.494 e. The number of thiocarbonyl (C=S) groups is 1. The van der Waals surface area contributed by atoms with Crippen LogP contribution in [0.3, 0.4) is 0 Å². The Morgan fingerprint density at radius 2 is 2.07 bits per heavy atom. The van der Waals surface area contributed by atoms with Crippen molar-refractivity contribution in [3.8, 4) is 11.5 Å². The van der Waals surface area contributed by atoms with Gasteiger partial charge in [0.05, 0.1) is 18.0 Å². The molecule has 0 aromatic heterocycles. The average Bonchev–Trinajstić information content (AvgIpc) is 2.67. The predicted molar refractivity (Wildman–Crippen MR) is 110 cm³/mol. The predicted octanol–water partition coefficient (Wildman–Crippen LogP) is 3.13. The maximum absolute atomic E-state index is 11.4. The van der Waals surface area contributed by atoms with Crippen LogP contribution in [-0.2, 0) is 4.79 Å². The molecule has 0 fully saturated rings. The van der Waals surface area contributed by atoms with Gasteiger partial charge in [0.15, 0.2) is 11.7 Å². The first-order chi connectivity index (χ1) is 13.0. The molecule has 8 heteroatoms. The van der Waals surface area contributed by atoms with E-state index in [1.165, 1.54) is 0 Å². The van der Waals surface area contributed by atoms with Crippen molar-refractivity contribution in [3.63, 3.8) is 0 Å². The van der Waals surface area contributed by atoms with Crippen LogP contribution in [0, 0.1) is 0 Å². The second kappa shape index (κ2) is 8.50. The first-order valence-electron chi connectivity index (χ1n) is 8.46. The van der Waals surface area contributed by atoms with Crippen molar-refractivity contribution in [2.45, 2.75) is 13.8 Å². The van der Waals surface area contributed by atoms with E-state index >= 15 is 0 Å². The van der Waals surface area contributed by atoms with Crippen LogP contribution in [-0.4, -0.2) is 29.9 Å². The van der Waals surface area contributed by atoms with Crippen molar-refractivity contribution >= 4 is 40.3 Å². The Kier molecular flexibility index (Phi) is 5.87. The van der Waals surface area contributed by atoms with E-state index in [2.05, 4.69) is 21.2 Å². The standard InChI is InChI=1S/C19H20N4O3S/c1-3-25-15-7-5-14(6-8-15)20-19(27)23-22-12(2)13-4-9-17-16(10-13)21-18(24)11-26-17/h4-10H,3,11H2,1-2H3,(H,21,24)(H2,20,23,27)/b22-12-. The lowest BCUT2D eigenvalue weighted by Crippen LogP contribution is -2.26. The Bertz CT molecular complexity index is 881. The van der Waals surface area contributed by atoms with Crippen LogP contribution < -0.4 is 25.5 Å². The first-order valence-corrected chi connectivity index (χ1v) is 8.87. The van der Waals surface area contributed by atoms with Gasteiger partial charge in [-0.3, -0.25) is 10.2 Å². The minimum absolute atomic E-state index is 0.0342. The number of amides is 1. The van der Waals surface area contributed by atoms with Crippen molar-refractivity contribution in [3.05, 3.63) is 48.0 Å². The van der Waals surface area contributed by atoms with Gasteiger partial charge in [0.1, 0.15) is 11.5 Å². The number of hydrogen-bond donors (Lipinski definition) is 3. The van der Waals surface area contributed by atoms with Crippen LogP contribution in [0.5, 0.6) is 11.5 Å². The van der Waals surface area contributed by atoms with Crippen molar-refractivity contribution in [2.75, 3.05) is 23.8 Å². The van der Waals surface area contributed by atoms with Gasteiger partial charge in [-0.2, -0.15) is 5.10 Å². The second-order valence-corrected chi connectivity index (χ2v) is 6.18. The van der Waals surface area contributed by atoms with Crippen molar-refractivity contribution in [1.82, 2.24) is 5.43 Å². The molecule has 0 radical (unpaired) electrons. The summed E-state index contributed by atoms with van der Waals surface area (Å²) in [5.74, 6) is 1.28. The molecule has 1 heterocycles. The third-order valence-electron chi connectivity index (χ3n) is 3.78. The Labute approximate surface area is 162 Å². The van der Waals surface area contributed by atoms with E-state index in [4.69, 9.17) is 21.7 Å². The fourth-order valence-corrected chi connectivity index (χ4v) is 2.63. The lowest BCUT2D eigenvalue weighted by Gasteiger charge is -2.18. The topological polar surface area (TPSA) is 84.0 Å². The molecule has 3 rings (SSSR count). The number of nitrogens with one attached hydrogen (secondary N) is 3. The quantitative estimate of drug-likeness (QED) is 0.417. The molecule has 0 aliphatic carbocycles. The van der Waals surface area contributed by atoms with Crippen molar-refractivity contribution in [2.24, 2.45) is 5.10 Å². The average molecular weight is 384 g/mol. The van der Waals surface area contributed by atoms with E-state index in [9.17, 15) is 4.79 Å². The van der Waals surface area contributed by atoms with Gasteiger partial charge in [-0.15, -0.1) is 0 Å². The van der Waals surface area contributed by atoms with E-state index in [-0.39, 0.29) is 12.5 Å². The number of carbonyl (C=O) groups excluding carboxylic acids is 1. The molecule has 3 N–H and O–H groups in total. The number of carbonyl (C=O) groups is 1. The maximum Gasteiger partial charge on any atom is 0.262 e. The summed E-state index contributed by atoms with van der Waals surface area (Å²) in [4.78, 5) is 11.4. The molecule has 0 atom stereocenters. The molecule has 2 aromatic rings. The Hall–Kier alpha value is -3.13. The van der Waals surface area contributed by atoms with Gasteiger partial charge >= 0.3 is 0 Å². The number of hydrazone groups is 1. The molecule has 0 saturated heterocycles. The number of nitrogens with zero attached hydrogens (tertiary/aromatic N) is 1. The molecule has 1 aliphatic rings. The van der Waals surface area contributed by atoms with Gasteiger partial charge in [-0.25, -0.2) is 0 Å². The minimum atomic E-state index is -0.173. The Balaban J connectivity index is 1.60. The van der Waals surface area contributed by atoms with Crippen LogP contribution in [0.15, 0.2) is 47.6 Å². The summed E-state index contributed by atoms with van der Waals surface area (Å²) in [6.45, 7) is 4.44. The molecule has 7 nitrogen and oxygen atoms in total. The van der Waals surface area contributed by atoms with Crippen LogP contribution in [0.4, 0.5) is 11.4 Å². The number of rotatable bonds is 5. The van der Waals surface area contributed by atoms with Gasteiger partial charge in [-0.1, -0.05) is 0 Å². The summed E-state index contributed by atoms with van der Waals surface area (Å²) in [7, 11) is 0. The Morgan fingerprint density at radius 1 is 1.30 bits per heavy atom. The highest BCUT2D eigenvalue weighted by Crippen LogP contribution is 2.28. The number of ether oxygens (including phenoxy) is 2. The summed E-state index contributed by atoms with van der Waals surface area (Å²) in [5, 5.41) is 10.5. The lowest BCUT2D eigenvalue weighted by molar-refractivity contribution is -0.118. The van der Waals surface area contributed by atoms with Crippen molar-refractivity contribution in [1.29, 1.82) is 0 Å². The molecule has 0 saturated carbocycles. The summed E-state index contributed by atoms with van der Waals surface area (Å²) in [5.41, 5.74) is 5.84. The van der Waals surface area contributed by atoms with Gasteiger partial charge in [-0.05, 0) is 74.1 Å². The minimum Gasteiger partial charge on any atom is -0.494 e. The third-order valence-corrected chi connectivity index (χ3v) is 3.97. The van der Waals surface area contributed by atoms with E-state index in [1.807, 2.05) is 50.2 Å². The number of fused-ring (bicyclic) bond motifs is 1. The van der Waals surface area contributed by atoms with Crippen LogP contribution in [0.25, 0.3) is 0 Å². The molecule has 0 unspecified atom stereocenters. The fourth-order valence-electron chi connectivity index (χ4n) is 2.47. The highest BCUT2D eigenvalue weighted by Gasteiger charge is 2.16. The molecule has 0 spiro atoms. The monoisotopic (exact) mass is 384 g/mol. The highest BCUT2D eigenvalue weighted by atomic mass is 32.1. The molecule has 1 amide bonds. The van der Waals surface area contributed by atoms with Gasteiger partial charge < -0.3 is 20.1 Å². The van der Waals surface area contributed by atoms with E-state index in [0.717, 1.165) is 17.0 Å². The number of hydrogen-bond acceptors (Lipinski definition) is 5. The summed E-state index contributed by atoms with van der Waals surface area (Å²) in [6, 6.07) is 13.0. The van der Waals surface area contributed by atoms with E-state index < -0.39 is 0 Å². The van der Waals surface area contributed by atoms with Gasteiger partial charge in [0.25, 0.3) is 5.91 Å². The first kappa shape index (κ1) is 18.7. The van der Waals surface area contributed by atoms with Crippen LogP contribution in [0.1, 0.15) is 19.4 Å². The van der Waals surface area contributed by atoms with Crippen molar-refractivity contribution < 1.29 is 14.3 Å². The van der Waals surface area contributed by atoms with E-state index in [1.54, 1.807) is 6.07 Å². The third kappa shape index (κ3) is 4.95. The number of benzene rings is 2. The second-order valence-electron chi connectivity index (χ2n) is 5.77. The van der Waals surface area contributed by atoms with E-state index in [0.29, 0.717) is 28.9 Å².